The van der Waals surface area contributed by atoms with Crippen LogP contribution in [0, 0.1) is 0 Å². The van der Waals surface area contributed by atoms with Crippen LogP contribution in [0.5, 0.6) is 0 Å². The molecule has 0 aliphatic heterocycles. The van der Waals surface area contributed by atoms with Crippen LogP contribution in [0.1, 0.15) is 10.5 Å². The molecule has 2 N–H and O–H groups in total. The van der Waals surface area contributed by atoms with E-state index in [4.69, 9.17) is 4.74 Å². The molecule has 110 valence electrons. The second kappa shape index (κ2) is 6.71. The number of aryl methyl sites for hydroxylation is 1. The summed E-state index contributed by atoms with van der Waals surface area (Å²) in [6.45, 7) is -0.0140. The van der Waals surface area contributed by atoms with Crippen molar-refractivity contribution in [2.45, 2.75) is 0 Å². The summed E-state index contributed by atoms with van der Waals surface area (Å²) in [4.78, 5) is 23.5. The quantitative estimate of drug-likeness (QED) is 0.881. The molecule has 6 nitrogen and oxygen atoms in total. The topological polar surface area (TPSA) is 72.4 Å². The third kappa shape index (κ3) is 3.93. The molecule has 2 aromatic rings. The first kappa shape index (κ1) is 14.8. The van der Waals surface area contributed by atoms with E-state index in [0.29, 0.717) is 17.1 Å². The minimum absolute atomic E-state index is 0.0140. The summed E-state index contributed by atoms with van der Waals surface area (Å²) >= 11 is 0. The lowest BCUT2D eigenvalue weighted by atomic mass is 10.2. The van der Waals surface area contributed by atoms with Crippen LogP contribution in [0.25, 0.3) is 0 Å². The van der Waals surface area contributed by atoms with E-state index >= 15 is 0 Å². The van der Waals surface area contributed by atoms with Crippen LogP contribution < -0.4 is 10.6 Å². The monoisotopic (exact) mass is 287 g/mol. The fraction of sp³-hybridized carbons (Fsp3) is 0.200. The van der Waals surface area contributed by atoms with Crippen molar-refractivity contribution < 1.29 is 14.3 Å². The molecule has 0 spiro atoms. The van der Waals surface area contributed by atoms with Crippen LogP contribution in [0.15, 0.2) is 42.6 Å². The van der Waals surface area contributed by atoms with Crippen LogP contribution in [0.2, 0.25) is 0 Å². The minimum Gasteiger partial charge on any atom is -0.375 e. The lowest BCUT2D eigenvalue weighted by Gasteiger charge is -2.09. The molecule has 0 aliphatic carbocycles. The lowest BCUT2D eigenvalue weighted by molar-refractivity contribution is -0.119. The lowest BCUT2D eigenvalue weighted by Crippen LogP contribution is -2.18. The van der Waals surface area contributed by atoms with E-state index in [1.165, 1.54) is 7.11 Å². The van der Waals surface area contributed by atoms with E-state index in [0.717, 1.165) is 0 Å². The van der Waals surface area contributed by atoms with Crippen molar-refractivity contribution in [3.63, 3.8) is 0 Å². The predicted molar refractivity (Wildman–Crippen MR) is 80.3 cm³/mol. The number of rotatable bonds is 5. The summed E-state index contributed by atoms with van der Waals surface area (Å²) in [7, 11) is 3.26. The average Bonchev–Trinajstić information content (AvgIpc) is 2.85. The van der Waals surface area contributed by atoms with E-state index < -0.39 is 0 Å². The number of anilines is 2. The zero-order valence-corrected chi connectivity index (χ0v) is 11.9. The first-order valence-electron chi connectivity index (χ1n) is 6.41. The Labute approximate surface area is 122 Å². The summed E-state index contributed by atoms with van der Waals surface area (Å²) in [5, 5.41) is 5.47. The molecule has 6 heteroatoms. The molecule has 2 rings (SSSR count). The number of benzene rings is 1. The van der Waals surface area contributed by atoms with Gasteiger partial charge in [0.05, 0.1) is 0 Å². The van der Waals surface area contributed by atoms with E-state index in [-0.39, 0.29) is 18.4 Å². The van der Waals surface area contributed by atoms with E-state index in [2.05, 4.69) is 10.6 Å². The number of hydrogen-bond acceptors (Lipinski definition) is 3. The summed E-state index contributed by atoms with van der Waals surface area (Å²) in [6, 6.07) is 10.5. The Morgan fingerprint density at radius 2 is 1.86 bits per heavy atom. The van der Waals surface area contributed by atoms with Gasteiger partial charge < -0.3 is 19.9 Å². The Morgan fingerprint density at radius 3 is 2.48 bits per heavy atom. The Hall–Kier alpha value is -2.60. The van der Waals surface area contributed by atoms with Gasteiger partial charge in [-0.15, -0.1) is 0 Å². The second-order valence-corrected chi connectivity index (χ2v) is 4.52. The molecule has 0 radical (unpaired) electrons. The highest BCUT2D eigenvalue weighted by molar-refractivity contribution is 6.03. The first-order chi connectivity index (χ1) is 10.1. The van der Waals surface area contributed by atoms with Gasteiger partial charge in [0.15, 0.2) is 0 Å². The maximum absolute atomic E-state index is 12.1. The predicted octanol–water partition coefficient (Wildman–Crippen LogP) is 1.86. The maximum atomic E-state index is 12.1. The Bertz CT molecular complexity index is 649. The molecule has 21 heavy (non-hydrogen) atoms. The third-order valence-electron chi connectivity index (χ3n) is 2.86. The molecule has 0 saturated heterocycles. The standard InChI is InChI=1S/C15H17N3O3/c1-18-8-4-7-13(18)15(20)17-12-6-3-5-11(9-12)16-14(19)10-21-2/h3-9H,10H2,1-2H3,(H,16,19)(H,17,20). The Morgan fingerprint density at radius 1 is 1.14 bits per heavy atom. The van der Waals surface area contributed by atoms with Gasteiger partial charge in [-0.05, 0) is 30.3 Å². The van der Waals surface area contributed by atoms with Gasteiger partial charge in [0.25, 0.3) is 5.91 Å². The van der Waals surface area contributed by atoms with Crippen molar-refractivity contribution >= 4 is 23.2 Å². The summed E-state index contributed by atoms with van der Waals surface area (Å²) in [5.41, 5.74) is 1.77. The van der Waals surface area contributed by atoms with Gasteiger partial charge in [-0.2, -0.15) is 0 Å². The number of hydrogen-bond donors (Lipinski definition) is 2. The summed E-state index contributed by atoms with van der Waals surface area (Å²) in [6.07, 6.45) is 1.80. The Balaban J connectivity index is 2.06. The maximum Gasteiger partial charge on any atom is 0.272 e. The molecule has 0 aliphatic rings. The summed E-state index contributed by atoms with van der Waals surface area (Å²) < 4.78 is 6.48. The number of amides is 2. The highest BCUT2D eigenvalue weighted by Crippen LogP contribution is 2.16. The van der Waals surface area contributed by atoms with Crippen LogP contribution in [0.4, 0.5) is 11.4 Å². The number of ether oxygens (including phenoxy) is 1. The number of aromatic nitrogens is 1. The smallest absolute Gasteiger partial charge is 0.272 e. The molecule has 2 amide bonds. The first-order valence-corrected chi connectivity index (χ1v) is 6.41. The number of carbonyl (C=O) groups is 2. The minimum atomic E-state index is -0.247. The van der Waals surface area contributed by atoms with Crippen LogP contribution >= 0.6 is 0 Å². The third-order valence-corrected chi connectivity index (χ3v) is 2.86. The highest BCUT2D eigenvalue weighted by Gasteiger charge is 2.09. The number of methoxy groups -OCH3 is 1. The van der Waals surface area contributed by atoms with E-state index in [9.17, 15) is 9.59 Å². The van der Waals surface area contributed by atoms with Gasteiger partial charge in [-0.1, -0.05) is 6.07 Å². The molecule has 0 unspecified atom stereocenters. The number of carbonyl (C=O) groups excluding carboxylic acids is 2. The molecule has 0 saturated carbocycles. The van der Waals surface area contributed by atoms with Crippen molar-refractivity contribution in [2.75, 3.05) is 24.4 Å². The molecule has 1 heterocycles. The van der Waals surface area contributed by atoms with Gasteiger partial charge in [-0.25, -0.2) is 0 Å². The number of nitrogens with zero attached hydrogens (tertiary/aromatic N) is 1. The highest BCUT2D eigenvalue weighted by atomic mass is 16.5. The molecular formula is C15H17N3O3. The van der Waals surface area contributed by atoms with Crippen molar-refractivity contribution in [3.8, 4) is 0 Å². The normalized spacial score (nSPS) is 10.2. The van der Waals surface area contributed by atoms with Gasteiger partial charge >= 0.3 is 0 Å². The van der Waals surface area contributed by atoms with Crippen molar-refractivity contribution in [1.82, 2.24) is 4.57 Å². The van der Waals surface area contributed by atoms with Gasteiger partial charge in [-0.3, -0.25) is 9.59 Å². The van der Waals surface area contributed by atoms with Crippen LogP contribution in [-0.4, -0.2) is 30.1 Å². The number of nitrogens with one attached hydrogen (secondary N) is 2. The van der Waals surface area contributed by atoms with Crippen LogP contribution in [-0.2, 0) is 16.6 Å². The molecule has 0 atom stereocenters. The van der Waals surface area contributed by atoms with Gasteiger partial charge in [0.1, 0.15) is 12.3 Å². The summed E-state index contributed by atoms with van der Waals surface area (Å²) in [5.74, 6) is -0.453. The molecule has 1 aromatic carbocycles. The van der Waals surface area contributed by atoms with Crippen molar-refractivity contribution in [1.29, 1.82) is 0 Å². The van der Waals surface area contributed by atoms with Crippen molar-refractivity contribution in [3.05, 3.63) is 48.3 Å². The molecule has 0 fully saturated rings. The molecule has 0 bridgehead atoms. The van der Waals surface area contributed by atoms with Crippen LogP contribution in [0.3, 0.4) is 0 Å². The molecule has 1 aromatic heterocycles. The average molecular weight is 287 g/mol. The zero-order chi connectivity index (χ0) is 15.2. The van der Waals surface area contributed by atoms with Gasteiger partial charge in [0.2, 0.25) is 5.91 Å². The fourth-order valence-corrected chi connectivity index (χ4v) is 1.90. The fourth-order valence-electron chi connectivity index (χ4n) is 1.90. The van der Waals surface area contributed by atoms with Gasteiger partial charge in [0, 0.05) is 31.7 Å². The van der Waals surface area contributed by atoms with E-state index in [1.54, 1.807) is 54.2 Å². The second-order valence-electron chi connectivity index (χ2n) is 4.52. The molecular weight excluding hydrogens is 270 g/mol. The SMILES string of the molecule is COCC(=O)Nc1cccc(NC(=O)c2cccn2C)c1. The van der Waals surface area contributed by atoms with Crippen molar-refractivity contribution in [2.24, 2.45) is 7.05 Å². The largest absolute Gasteiger partial charge is 0.375 e. The zero-order valence-electron chi connectivity index (χ0n) is 11.9. The van der Waals surface area contributed by atoms with E-state index in [1.807, 2.05) is 0 Å². The Kier molecular flexibility index (Phi) is 4.73.